The highest BCUT2D eigenvalue weighted by atomic mass is 35.5. The Morgan fingerprint density at radius 2 is 2.00 bits per heavy atom. The van der Waals surface area contributed by atoms with Crippen LogP contribution in [0.1, 0.15) is 5.56 Å². The van der Waals surface area contributed by atoms with Crippen molar-refractivity contribution in [1.82, 2.24) is 14.5 Å². The summed E-state index contributed by atoms with van der Waals surface area (Å²) >= 11 is 6.03. The molecule has 23 heavy (non-hydrogen) atoms. The molecule has 1 aliphatic heterocycles. The van der Waals surface area contributed by atoms with E-state index in [1.165, 1.54) is 16.5 Å². The highest BCUT2D eigenvalue weighted by Crippen LogP contribution is 2.25. The summed E-state index contributed by atoms with van der Waals surface area (Å²) < 4.78 is 7.59. The highest BCUT2D eigenvalue weighted by molar-refractivity contribution is 6.29. The molecular weight excluding hydrogens is 310 g/mol. The zero-order chi connectivity index (χ0) is 15.6. The minimum atomic E-state index is 0.508. The van der Waals surface area contributed by atoms with Crippen LogP contribution in [-0.4, -0.2) is 40.8 Å². The molecule has 0 saturated carbocycles. The van der Waals surface area contributed by atoms with Crippen molar-refractivity contribution in [3.63, 3.8) is 0 Å². The van der Waals surface area contributed by atoms with E-state index in [-0.39, 0.29) is 0 Å². The van der Waals surface area contributed by atoms with Crippen LogP contribution in [0.5, 0.6) is 0 Å². The van der Waals surface area contributed by atoms with Crippen LogP contribution in [-0.2, 0) is 11.3 Å². The number of nitrogens with zero attached hydrogens (tertiary/aromatic N) is 3. The molecule has 3 aromatic rings. The van der Waals surface area contributed by atoms with Gasteiger partial charge in [-0.15, -0.1) is 0 Å². The van der Waals surface area contributed by atoms with Crippen molar-refractivity contribution in [1.29, 1.82) is 0 Å². The van der Waals surface area contributed by atoms with E-state index in [9.17, 15) is 0 Å². The monoisotopic (exact) mass is 327 g/mol. The first-order chi connectivity index (χ1) is 11.3. The molecule has 5 heteroatoms. The van der Waals surface area contributed by atoms with Crippen LogP contribution < -0.4 is 0 Å². The first-order valence-electron chi connectivity index (χ1n) is 7.82. The van der Waals surface area contributed by atoms with E-state index >= 15 is 0 Å². The van der Waals surface area contributed by atoms with Crippen LogP contribution in [0.4, 0.5) is 0 Å². The van der Waals surface area contributed by atoms with Gasteiger partial charge in [-0.3, -0.25) is 4.90 Å². The fourth-order valence-electron chi connectivity index (χ4n) is 3.14. The van der Waals surface area contributed by atoms with Crippen molar-refractivity contribution in [2.45, 2.75) is 6.54 Å². The summed E-state index contributed by atoms with van der Waals surface area (Å²) in [4.78, 5) is 6.50. The summed E-state index contributed by atoms with van der Waals surface area (Å²) in [5, 5.41) is 1.79. The number of benzene rings is 1. The lowest BCUT2D eigenvalue weighted by molar-refractivity contribution is 0.0344. The van der Waals surface area contributed by atoms with E-state index in [0.717, 1.165) is 38.5 Å². The number of hydrogen-bond donors (Lipinski definition) is 0. The van der Waals surface area contributed by atoms with E-state index in [0.29, 0.717) is 5.15 Å². The summed E-state index contributed by atoms with van der Waals surface area (Å²) in [7, 11) is 0. The molecule has 0 amide bonds. The van der Waals surface area contributed by atoms with Gasteiger partial charge in [-0.1, -0.05) is 23.7 Å². The summed E-state index contributed by atoms with van der Waals surface area (Å²) in [6, 6.07) is 12.5. The van der Waals surface area contributed by atoms with Crippen molar-refractivity contribution < 1.29 is 4.74 Å². The predicted molar refractivity (Wildman–Crippen MR) is 92.2 cm³/mol. The van der Waals surface area contributed by atoms with Crippen LogP contribution in [0.15, 0.2) is 48.8 Å². The molecule has 2 aromatic heterocycles. The van der Waals surface area contributed by atoms with E-state index in [2.05, 4.69) is 44.9 Å². The van der Waals surface area contributed by atoms with Gasteiger partial charge in [0.1, 0.15) is 5.15 Å². The number of halogens is 1. The van der Waals surface area contributed by atoms with Gasteiger partial charge in [0.15, 0.2) is 0 Å². The topological polar surface area (TPSA) is 30.3 Å². The third-order valence-corrected chi connectivity index (χ3v) is 4.52. The third kappa shape index (κ3) is 2.98. The second-order valence-electron chi connectivity index (χ2n) is 5.76. The molecule has 4 nitrogen and oxygen atoms in total. The van der Waals surface area contributed by atoms with Crippen LogP contribution >= 0.6 is 11.6 Å². The van der Waals surface area contributed by atoms with Gasteiger partial charge >= 0.3 is 0 Å². The van der Waals surface area contributed by atoms with Crippen molar-refractivity contribution in [2.75, 3.05) is 26.3 Å². The van der Waals surface area contributed by atoms with Crippen LogP contribution in [0.3, 0.4) is 0 Å². The van der Waals surface area contributed by atoms with Gasteiger partial charge < -0.3 is 9.30 Å². The Labute approximate surface area is 140 Å². The van der Waals surface area contributed by atoms with Gasteiger partial charge in [0.2, 0.25) is 0 Å². The van der Waals surface area contributed by atoms with Gasteiger partial charge in [-0.05, 0) is 29.8 Å². The Morgan fingerprint density at radius 3 is 2.83 bits per heavy atom. The Bertz CT molecular complexity index is 824. The molecule has 118 valence electrons. The normalized spacial score (nSPS) is 16.0. The average Bonchev–Trinajstić information content (AvgIpc) is 3.01. The number of morpholine rings is 1. The Kier molecular flexibility index (Phi) is 4.04. The molecule has 1 saturated heterocycles. The zero-order valence-corrected chi connectivity index (χ0v) is 13.5. The minimum absolute atomic E-state index is 0.508. The van der Waals surface area contributed by atoms with E-state index in [1.54, 1.807) is 6.20 Å². The molecule has 1 aromatic carbocycles. The fourth-order valence-corrected chi connectivity index (χ4v) is 3.30. The quantitative estimate of drug-likeness (QED) is 0.690. The lowest BCUT2D eigenvalue weighted by Crippen LogP contribution is -2.35. The average molecular weight is 328 g/mol. The molecule has 0 spiro atoms. The number of ether oxygens (including phenoxy) is 1. The molecule has 1 fully saturated rings. The first kappa shape index (κ1) is 14.7. The van der Waals surface area contributed by atoms with Crippen LogP contribution in [0, 0.1) is 0 Å². The first-order valence-corrected chi connectivity index (χ1v) is 8.20. The van der Waals surface area contributed by atoms with Gasteiger partial charge in [-0.2, -0.15) is 0 Å². The smallest absolute Gasteiger partial charge is 0.131 e. The SMILES string of the molecule is Clc1cc(-n2ccc3c(CN4CCOCC4)cccc32)ccn1. The van der Waals surface area contributed by atoms with E-state index in [1.807, 2.05) is 12.1 Å². The standard InChI is InChI=1S/C18H18ClN3O/c19-18-12-15(4-6-20-18)22-7-5-16-14(2-1-3-17(16)22)13-21-8-10-23-11-9-21/h1-7,12H,8-11,13H2. The molecule has 0 aliphatic carbocycles. The summed E-state index contributed by atoms with van der Waals surface area (Å²) in [5.74, 6) is 0. The molecule has 0 radical (unpaired) electrons. The van der Waals surface area contributed by atoms with E-state index in [4.69, 9.17) is 16.3 Å². The van der Waals surface area contributed by atoms with Crippen LogP contribution in [0.2, 0.25) is 5.15 Å². The van der Waals surface area contributed by atoms with Gasteiger partial charge in [0, 0.05) is 37.4 Å². The summed E-state index contributed by atoms with van der Waals surface area (Å²) in [5.41, 5.74) is 3.57. The van der Waals surface area contributed by atoms with Crippen molar-refractivity contribution in [2.24, 2.45) is 0 Å². The number of fused-ring (bicyclic) bond motifs is 1. The number of pyridine rings is 1. The molecule has 0 N–H and O–H groups in total. The Morgan fingerprint density at radius 1 is 1.13 bits per heavy atom. The van der Waals surface area contributed by atoms with Gasteiger partial charge in [0.25, 0.3) is 0 Å². The predicted octanol–water partition coefficient (Wildman–Crippen LogP) is 3.51. The Balaban J connectivity index is 1.71. The molecule has 1 aliphatic rings. The van der Waals surface area contributed by atoms with Gasteiger partial charge in [-0.25, -0.2) is 4.98 Å². The van der Waals surface area contributed by atoms with Gasteiger partial charge in [0.05, 0.1) is 24.4 Å². The molecule has 0 unspecified atom stereocenters. The maximum atomic E-state index is 6.03. The number of hydrogen-bond acceptors (Lipinski definition) is 3. The zero-order valence-electron chi connectivity index (χ0n) is 12.8. The summed E-state index contributed by atoms with van der Waals surface area (Å²) in [6.45, 7) is 4.61. The molecule has 3 heterocycles. The molecular formula is C18H18ClN3O. The maximum absolute atomic E-state index is 6.03. The lowest BCUT2D eigenvalue weighted by Gasteiger charge is -2.26. The summed E-state index contributed by atoms with van der Waals surface area (Å²) in [6.07, 6.45) is 3.83. The second-order valence-corrected chi connectivity index (χ2v) is 6.15. The molecule has 0 atom stereocenters. The number of aromatic nitrogens is 2. The second kappa shape index (κ2) is 6.32. The molecule has 4 rings (SSSR count). The van der Waals surface area contributed by atoms with E-state index < -0.39 is 0 Å². The maximum Gasteiger partial charge on any atom is 0.131 e. The fraction of sp³-hybridized carbons (Fsp3) is 0.278. The Hall–Kier alpha value is -1.88. The van der Waals surface area contributed by atoms with Crippen LogP contribution in [0.25, 0.3) is 16.6 Å². The highest BCUT2D eigenvalue weighted by Gasteiger charge is 2.13. The van der Waals surface area contributed by atoms with Crippen molar-refractivity contribution in [3.8, 4) is 5.69 Å². The third-order valence-electron chi connectivity index (χ3n) is 4.31. The largest absolute Gasteiger partial charge is 0.379 e. The van der Waals surface area contributed by atoms with Crippen molar-refractivity contribution in [3.05, 3.63) is 59.5 Å². The van der Waals surface area contributed by atoms with Crippen molar-refractivity contribution >= 4 is 22.5 Å². The molecule has 0 bridgehead atoms. The number of rotatable bonds is 3. The minimum Gasteiger partial charge on any atom is -0.379 e. The lowest BCUT2D eigenvalue weighted by atomic mass is 10.1.